The number of amides is 1. The molecule has 20 heavy (non-hydrogen) atoms. The van der Waals surface area contributed by atoms with Gasteiger partial charge in [-0.15, -0.1) is 0 Å². The van der Waals surface area contributed by atoms with Crippen LogP contribution in [0.2, 0.25) is 0 Å². The number of non-ortho nitro benzene ring substituents is 1. The van der Waals surface area contributed by atoms with Crippen molar-refractivity contribution < 1.29 is 9.72 Å². The molecule has 2 aromatic rings. The van der Waals surface area contributed by atoms with Gasteiger partial charge >= 0.3 is 0 Å². The molecule has 0 fully saturated rings. The summed E-state index contributed by atoms with van der Waals surface area (Å²) in [5.41, 5.74) is 0.322. The van der Waals surface area contributed by atoms with E-state index in [0.717, 1.165) is 0 Å². The van der Waals surface area contributed by atoms with Gasteiger partial charge in [0.1, 0.15) is 11.2 Å². The van der Waals surface area contributed by atoms with E-state index in [1.165, 1.54) is 6.07 Å². The fourth-order valence-electron chi connectivity index (χ4n) is 1.79. The Morgan fingerprint density at radius 2 is 2.10 bits per heavy atom. The van der Waals surface area contributed by atoms with Gasteiger partial charge in [0, 0.05) is 18.0 Å². The highest BCUT2D eigenvalue weighted by Gasteiger charge is 2.15. The number of fused-ring (bicyclic) bond motifs is 1. The molecule has 0 saturated heterocycles. The second-order valence-corrected chi connectivity index (χ2v) is 4.91. The smallest absolute Gasteiger partial charge is 0.295 e. The van der Waals surface area contributed by atoms with Gasteiger partial charge in [-0.3, -0.25) is 14.9 Å². The Bertz CT molecular complexity index is 668. The van der Waals surface area contributed by atoms with Gasteiger partial charge in [-0.25, -0.2) is 4.98 Å². The van der Waals surface area contributed by atoms with Crippen LogP contribution >= 0.6 is 0 Å². The lowest BCUT2D eigenvalue weighted by molar-refractivity contribution is -0.383. The van der Waals surface area contributed by atoms with Crippen molar-refractivity contribution in [3.63, 3.8) is 0 Å². The molecule has 6 nitrogen and oxygen atoms in total. The number of hydrogen-bond acceptors (Lipinski definition) is 4. The lowest BCUT2D eigenvalue weighted by Crippen LogP contribution is -2.28. The van der Waals surface area contributed by atoms with Crippen LogP contribution in [0.4, 0.5) is 5.69 Å². The van der Waals surface area contributed by atoms with Crippen LogP contribution in [0.1, 0.15) is 24.3 Å². The van der Waals surface area contributed by atoms with Crippen molar-refractivity contribution in [3.8, 4) is 0 Å². The summed E-state index contributed by atoms with van der Waals surface area (Å²) in [6, 6.07) is 7.94. The number of carbonyl (C=O) groups excluding carboxylic acids is 1. The zero-order chi connectivity index (χ0) is 14.7. The molecule has 2 rings (SSSR count). The molecule has 6 heteroatoms. The zero-order valence-electron chi connectivity index (χ0n) is 11.3. The lowest BCUT2D eigenvalue weighted by atomic mass is 10.1. The fraction of sp³-hybridized carbons (Fsp3) is 0.286. The molecule has 0 spiro atoms. The van der Waals surface area contributed by atoms with E-state index in [9.17, 15) is 14.9 Å². The van der Waals surface area contributed by atoms with E-state index in [1.807, 2.05) is 13.8 Å². The SMILES string of the molecule is CC(C)CNC(=O)c1ccc2cccc([N+](=O)[O-])c2n1. The number of nitro groups is 1. The van der Waals surface area contributed by atoms with Crippen molar-refractivity contribution in [1.82, 2.24) is 10.3 Å². The van der Waals surface area contributed by atoms with E-state index in [4.69, 9.17) is 0 Å². The molecule has 0 radical (unpaired) electrons. The molecule has 0 aliphatic heterocycles. The predicted octanol–water partition coefficient (Wildman–Crippen LogP) is 2.53. The van der Waals surface area contributed by atoms with Crippen LogP contribution in [0.5, 0.6) is 0 Å². The van der Waals surface area contributed by atoms with Crippen LogP contribution in [0, 0.1) is 16.0 Å². The average molecular weight is 273 g/mol. The molecule has 1 aromatic heterocycles. The van der Waals surface area contributed by atoms with Crippen molar-refractivity contribution in [2.75, 3.05) is 6.54 Å². The highest BCUT2D eigenvalue weighted by atomic mass is 16.6. The Labute approximate surface area is 116 Å². The number of hydrogen-bond donors (Lipinski definition) is 1. The van der Waals surface area contributed by atoms with E-state index in [-0.39, 0.29) is 22.8 Å². The Morgan fingerprint density at radius 1 is 1.35 bits per heavy atom. The molecule has 0 aliphatic carbocycles. The second kappa shape index (κ2) is 5.64. The van der Waals surface area contributed by atoms with Gasteiger partial charge in [-0.2, -0.15) is 0 Å². The number of nitrogens with zero attached hydrogens (tertiary/aromatic N) is 2. The molecule has 0 atom stereocenters. The van der Waals surface area contributed by atoms with Gasteiger partial charge in [0.15, 0.2) is 0 Å². The quantitative estimate of drug-likeness (QED) is 0.685. The van der Waals surface area contributed by atoms with Crippen LogP contribution in [0.3, 0.4) is 0 Å². The first kappa shape index (κ1) is 13.9. The maximum atomic E-state index is 11.9. The van der Waals surface area contributed by atoms with Crippen molar-refractivity contribution in [1.29, 1.82) is 0 Å². The summed E-state index contributed by atoms with van der Waals surface area (Å²) in [6.07, 6.45) is 0. The third-order valence-corrected chi connectivity index (χ3v) is 2.80. The fourth-order valence-corrected chi connectivity index (χ4v) is 1.79. The molecule has 0 unspecified atom stereocenters. The number of rotatable bonds is 4. The highest BCUT2D eigenvalue weighted by molar-refractivity contribution is 5.96. The average Bonchev–Trinajstić information content (AvgIpc) is 2.43. The summed E-state index contributed by atoms with van der Waals surface area (Å²) in [4.78, 5) is 26.5. The predicted molar refractivity (Wildman–Crippen MR) is 75.6 cm³/mol. The van der Waals surface area contributed by atoms with E-state index >= 15 is 0 Å². The van der Waals surface area contributed by atoms with Crippen molar-refractivity contribution in [3.05, 3.63) is 46.1 Å². The number of nitrogens with one attached hydrogen (secondary N) is 1. The topological polar surface area (TPSA) is 85.1 Å². The first-order chi connectivity index (χ1) is 9.49. The first-order valence-electron chi connectivity index (χ1n) is 6.31. The molecule has 0 saturated carbocycles. The lowest BCUT2D eigenvalue weighted by Gasteiger charge is -2.07. The number of nitro benzene ring substituents is 1. The summed E-state index contributed by atoms with van der Waals surface area (Å²) in [6.45, 7) is 4.51. The van der Waals surface area contributed by atoms with E-state index in [2.05, 4.69) is 10.3 Å². The summed E-state index contributed by atoms with van der Waals surface area (Å²) < 4.78 is 0. The minimum atomic E-state index is -0.495. The first-order valence-corrected chi connectivity index (χ1v) is 6.31. The Kier molecular flexibility index (Phi) is 3.93. The van der Waals surface area contributed by atoms with Gasteiger partial charge in [-0.05, 0) is 12.0 Å². The van der Waals surface area contributed by atoms with Crippen molar-refractivity contribution in [2.45, 2.75) is 13.8 Å². The number of aromatic nitrogens is 1. The summed E-state index contributed by atoms with van der Waals surface area (Å²) >= 11 is 0. The number of pyridine rings is 1. The van der Waals surface area contributed by atoms with Gasteiger partial charge in [0.05, 0.1) is 4.92 Å². The molecule has 1 amide bonds. The third kappa shape index (κ3) is 2.90. The number of para-hydroxylation sites is 1. The molecule has 1 aromatic carbocycles. The van der Waals surface area contributed by atoms with Crippen molar-refractivity contribution >= 4 is 22.5 Å². The Hall–Kier alpha value is -2.50. The van der Waals surface area contributed by atoms with Gasteiger partial charge in [-0.1, -0.05) is 32.0 Å². The summed E-state index contributed by atoms with van der Waals surface area (Å²) in [7, 11) is 0. The van der Waals surface area contributed by atoms with E-state index < -0.39 is 4.92 Å². The second-order valence-electron chi connectivity index (χ2n) is 4.91. The molecule has 1 heterocycles. The number of carbonyl (C=O) groups is 1. The largest absolute Gasteiger partial charge is 0.350 e. The standard InChI is InChI=1S/C14H15N3O3/c1-9(2)8-15-14(18)11-7-6-10-4-3-5-12(17(19)20)13(10)16-11/h3-7,9H,8H2,1-2H3,(H,15,18). The molecule has 0 bridgehead atoms. The van der Waals surface area contributed by atoms with Gasteiger partial charge in [0.25, 0.3) is 11.6 Å². The Balaban J connectivity index is 2.39. The maximum absolute atomic E-state index is 11.9. The minimum absolute atomic E-state index is 0.0963. The van der Waals surface area contributed by atoms with Crippen LogP contribution in [0.25, 0.3) is 10.9 Å². The third-order valence-electron chi connectivity index (χ3n) is 2.80. The zero-order valence-corrected chi connectivity index (χ0v) is 11.3. The maximum Gasteiger partial charge on any atom is 0.295 e. The Morgan fingerprint density at radius 3 is 2.75 bits per heavy atom. The molecular weight excluding hydrogens is 258 g/mol. The number of benzene rings is 1. The normalized spacial score (nSPS) is 10.8. The van der Waals surface area contributed by atoms with Gasteiger partial charge < -0.3 is 5.32 Å². The minimum Gasteiger partial charge on any atom is -0.350 e. The van der Waals surface area contributed by atoms with Crippen LogP contribution in [-0.4, -0.2) is 22.4 Å². The highest BCUT2D eigenvalue weighted by Crippen LogP contribution is 2.23. The molecular formula is C14H15N3O3. The van der Waals surface area contributed by atoms with Gasteiger partial charge in [0.2, 0.25) is 0 Å². The summed E-state index contributed by atoms with van der Waals surface area (Å²) in [5.74, 6) is 0.00694. The monoisotopic (exact) mass is 273 g/mol. The molecule has 1 N–H and O–H groups in total. The van der Waals surface area contributed by atoms with Crippen LogP contribution in [-0.2, 0) is 0 Å². The molecule has 0 aliphatic rings. The van der Waals surface area contributed by atoms with E-state index in [0.29, 0.717) is 17.8 Å². The van der Waals surface area contributed by atoms with Crippen LogP contribution < -0.4 is 5.32 Å². The van der Waals surface area contributed by atoms with E-state index in [1.54, 1.807) is 24.3 Å². The van der Waals surface area contributed by atoms with Crippen molar-refractivity contribution in [2.24, 2.45) is 5.92 Å². The van der Waals surface area contributed by atoms with Crippen LogP contribution in [0.15, 0.2) is 30.3 Å². The molecule has 104 valence electrons. The summed E-state index contributed by atoms with van der Waals surface area (Å²) in [5, 5.41) is 14.4.